The highest BCUT2D eigenvalue weighted by Crippen LogP contribution is 2.28. The van der Waals surface area contributed by atoms with Gasteiger partial charge in [0.2, 0.25) is 21.8 Å². The van der Waals surface area contributed by atoms with Crippen molar-refractivity contribution >= 4 is 50.7 Å². The van der Waals surface area contributed by atoms with Crippen molar-refractivity contribution < 1.29 is 18.0 Å². The van der Waals surface area contributed by atoms with E-state index in [9.17, 15) is 18.0 Å². The molecule has 1 atom stereocenters. The molecule has 0 bridgehead atoms. The van der Waals surface area contributed by atoms with Gasteiger partial charge in [-0.25, -0.2) is 8.42 Å². The van der Waals surface area contributed by atoms with E-state index in [4.69, 9.17) is 23.2 Å². The van der Waals surface area contributed by atoms with Crippen LogP contribution in [0.2, 0.25) is 10.0 Å². The molecule has 0 aliphatic heterocycles. The van der Waals surface area contributed by atoms with E-state index in [1.807, 2.05) is 70.2 Å². The van der Waals surface area contributed by atoms with E-state index in [1.54, 1.807) is 24.3 Å². The van der Waals surface area contributed by atoms with Crippen LogP contribution in [0, 0.1) is 19.8 Å². The summed E-state index contributed by atoms with van der Waals surface area (Å²) < 4.78 is 26.8. The first-order valence-electron chi connectivity index (χ1n) is 14.4. The highest BCUT2D eigenvalue weighted by molar-refractivity contribution is 7.92. The maximum absolute atomic E-state index is 14.0. The molecule has 0 spiro atoms. The van der Waals surface area contributed by atoms with Gasteiger partial charge in [0.1, 0.15) is 6.04 Å². The highest BCUT2D eigenvalue weighted by Gasteiger charge is 2.31. The highest BCUT2D eigenvalue weighted by atomic mass is 35.5. The Morgan fingerprint density at radius 3 is 2.14 bits per heavy atom. The first-order chi connectivity index (χ1) is 20.3. The summed E-state index contributed by atoms with van der Waals surface area (Å²) in [6.45, 7) is 8.49. The molecule has 1 N–H and O–H groups in total. The maximum atomic E-state index is 14.0. The lowest BCUT2D eigenvalue weighted by atomic mass is 10.0. The molecule has 7 nitrogen and oxygen atoms in total. The Kier molecular flexibility index (Phi) is 12.5. The molecule has 0 radical (unpaired) electrons. The van der Waals surface area contributed by atoms with E-state index in [1.165, 1.54) is 9.21 Å². The summed E-state index contributed by atoms with van der Waals surface area (Å²) in [4.78, 5) is 29.2. The summed E-state index contributed by atoms with van der Waals surface area (Å²) in [7, 11) is -3.60. The molecule has 43 heavy (non-hydrogen) atoms. The first-order valence-corrected chi connectivity index (χ1v) is 17.0. The average Bonchev–Trinajstić information content (AvgIpc) is 2.94. The number of rotatable bonds is 14. The van der Waals surface area contributed by atoms with E-state index in [0.29, 0.717) is 27.8 Å². The Labute approximate surface area is 266 Å². The van der Waals surface area contributed by atoms with Gasteiger partial charge in [-0.1, -0.05) is 79.5 Å². The fourth-order valence-electron chi connectivity index (χ4n) is 4.71. The van der Waals surface area contributed by atoms with Gasteiger partial charge in [0.05, 0.1) is 11.9 Å². The molecule has 1 unspecified atom stereocenters. The zero-order valence-electron chi connectivity index (χ0n) is 25.4. The predicted molar refractivity (Wildman–Crippen MR) is 176 cm³/mol. The van der Waals surface area contributed by atoms with Gasteiger partial charge >= 0.3 is 0 Å². The molecule has 0 fully saturated rings. The van der Waals surface area contributed by atoms with Crippen LogP contribution >= 0.6 is 23.2 Å². The summed E-state index contributed by atoms with van der Waals surface area (Å²) in [5, 5.41) is 3.78. The van der Waals surface area contributed by atoms with E-state index in [2.05, 4.69) is 5.32 Å². The minimum Gasteiger partial charge on any atom is -0.354 e. The number of aryl methyl sites for hydroxylation is 2. The monoisotopic (exact) mass is 645 g/mol. The van der Waals surface area contributed by atoms with Crippen LogP contribution in [0.1, 0.15) is 48.9 Å². The second-order valence-corrected chi connectivity index (χ2v) is 14.0. The average molecular weight is 647 g/mol. The van der Waals surface area contributed by atoms with E-state index in [0.717, 1.165) is 22.9 Å². The molecule has 10 heteroatoms. The van der Waals surface area contributed by atoms with Crippen LogP contribution in [0.4, 0.5) is 5.69 Å². The van der Waals surface area contributed by atoms with Crippen LogP contribution in [0.15, 0.2) is 66.7 Å². The molecule has 3 rings (SSSR count). The summed E-state index contributed by atoms with van der Waals surface area (Å²) in [6.07, 6.45) is 1.71. The summed E-state index contributed by atoms with van der Waals surface area (Å²) in [6, 6.07) is 19.3. The summed E-state index contributed by atoms with van der Waals surface area (Å²) in [5.74, 6) is -0.358. The van der Waals surface area contributed by atoms with Crippen LogP contribution < -0.4 is 9.62 Å². The number of hydrogen-bond donors (Lipinski definition) is 1. The van der Waals surface area contributed by atoms with Crippen LogP contribution in [0.25, 0.3) is 0 Å². The van der Waals surface area contributed by atoms with Gasteiger partial charge < -0.3 is 10.2 Å². The third-order valence-electron chi connectivity index (χ3n) is 7.28. The standard InChI is InChI=1S/C33H41Cl2N3O4S/c1-23(2)21-36-33(40)31(20-26-11-7-6-8-12-26)37(22-28-29(34)13-9-14-30(28)35)32(39)15-10-18-38(43(5,41)42)27-17-16-24(3)25(4)19-27/h6-9,11-14,16-17,19,23,31H,10,15,18,20-22H2,1-5H3,(H,36,40). The minimum atomic E-state index is -3.60. The Balaban J connectivity index is 1.93. The molecular weight excluding hydrogens is 605 g/mol. The van der Waals surface area contributed by atoms with Gasteiger partial charge in [0, 0.05) is 48.1 Å². The molecule has 3 aromatic carbocycles. The van der Waals surface area contributed by atoms with E-state index in [-0.39, 0.29) is 50.1 Å². The molecule has 0 heterocycles. The smallest absolute Gasteiger partial charge is 0.243 e. The number of carbonyl (C=O) groups excluding carboxylic acids is 2. The molecule has 0 saturated heterocycles. The number of amides is 2. The number of carbonyl (C=O) groups is 2. The Hall–Kier alpha value is -3.07. The van der Waals surface area contributed by atoms with Crippen LogP contribution in [-0.2, 0) is 32.6 Å². The van der Waals surface area contributed by atoms with Gasteiger partial charge in [0.15, 0.2) is 0 Å². The third-order valence-corrected chi connectivity index (χ3v) is 9.18. The number of sulfonamides is 1. The van der Waals surface area contributed by atoms with Crippen molar-refractivity contribution in [3.63, 3.8) is 0 Å². The number of hydrogen-bond acceptors (Lipinski definition) is 4. The molecule has 2 amide bonds. The van der Waals surface area contributed by atoms with Gasteiger partial charge in [-0.3, -0.25) is 13.9 Å². The lowest BCUT2D eigenvalue weighted by molar-refractivity contribution is -0.141. The zero-order valence-corrected chi connectivity index (χ0v) is 27.8. The fraction of sp³-hybridized carbons (Fsp3) is 0.394. The Morgan fingerprint density at radius 1 is 0.907 bits per heavy atom. The first kappa shape index (κ1) is 34.4. The fourth-order valence-corrected chi connectivity index (χ4v) is 6.19. The van der Waals surface area contributed by atoms with Crippen LogP contribution in [0.3, 0.4) is 0 Å². The molecular formula is C33H41Cl2N3O4S. The third kappa shape index (κ3) is 9.98. The topological polar surface area (TPSA) is 86.8 Å². The quantitative estimate of drug-likeness (QED) is 0.215. The second-order valence-electron chi connectivity index (χ2n) is 11.3. The van der Waals surface area contributed by atoms with Gasteiger partial charge in [-0.05, 0) is 67.1 Å². The molecule has 3 aromatic rings. The van der Waals surface area contributed by atoms with Crippen molar-refractivity contribution in [3.8, 4) is 0 Å². The lowest BCUT2D eigenvalue weighted by Gasteiger charge is -2.32. The van der Waals surface area contributed by atoms with Gasteiger partial charge in [-0.2, -0.15) is 0 Å². The number of anilines is 1. The van der Waals surface area contributed by atoms with Crippen LogP contribution in [-0.4, -0.2) is 50.5 Å². The van der Waals surface area contributed by atoms with Crippen molar-refractivity contribution in [2.75, 3.05) is 23.7 Å². The second kappa shape index (κ2) is 15.6. The molecule has 0 aliphatic rings. The Bertz CT molecular complexity index is 1490. The van der Waals surface area contributed by atoms with Crippen molar-refractivity contribution in [1.29, 1.82) is 0 Å². The van der Waals surface area contributed by atoms with Crippen molar-refractivity contribution in [2.24, 2.45) is 5.92 Å². The number of halogens is 2. The predicted octanol–water partition coefficient (Wildman–Crippen LogP) is 6.57. The molecule has 0 aliphatic carbocycles. The number of benzene rings is 3. The van der Waals surface area contributed by atoms with E-state index >= 15 is 0 Å². The summed E-state index contributed by atoms with van der Waals surface area (Å²) in [5.41, 5.74) is 4.02. The molecule has 232 valence electrons. The van der Waals surface area contributed by atoms with Crippen molar-refractivity contribution in [2.45, 2.75) is 59.5 Å². The normalized spacial score (nSPS) is 12.2. The number of nitrogens with zero attached hydrogens (tertiary/aromatic N) is 2. The van der Waals surface area contributed by atoms with Crippen LogP contribution in [0.5, 0.6) is 0 Å². The SMILES string of the molecule is Cc1ccc(N(CCCC(=O)N(Cc2c(Cl)cccc2Cl)C(Cc2ccccc2)C(=O)NCC(C)C)S(C)(=O)=O)cc1C. The van der Waals surface area contributed by atoms with Crippen molar-refractivity contribution in [3.05, 3.63) is 99.0 Å². The van der Waals surface area contributed by atoms with E-state index < -0.39 is 16.1 Å². The maximum Gasteiger partial charge on any atom is 0.243 e. The minimum absolute atomic E-state index is 0.0156. The van der Waals surface area contributed by atoms with Gasteiger partial charge in [0.25, 0.3) is 0 Å². The zero-order chi connectivity index (χ0) is 31.7. The number of nitrogens with one attached hydrogen (secondary N) is 1. The van der Waals surface area contributed by atoms with Crippen molar-refractivity contribution in [1.82, 2.24) is 10.2 Å². The molecule has 0 saturated carbocycles. The Morgan fingerprint density at radius 2 is 1.56 bits per heavy atom. The van der Waals surface area contributed by atoms with Gasteiger partial charge in [-0.15, -0.1) is 0 Å². The lowest BCUT2D eigenvalue weighted by Crippen LogP contribution is -2.51. The largest absolute Gasteiger partial charge is 0.354 e. The summed E-state index contributed by atoms with van der Waals surface area (Å²) >= 11 is 13.0. The molecule has 0 aromatic heterocycles.